The minimum Gasteiger partial charge on any atom is -0.309 e. The molecule has 13 rings (SSSR count). The highest BCUT2D eigenvalue weighted by Gasteiger charge is 2.37. The third kappa shape index (κ3) is 9.09. The molecular formula is C73H37F6N7. The summed E-state index contributed by atoms with van der Waals surface area (Å²) in [6.45, 7) is 0. The summed E-state index contributed by atoms with van der Waals surface area (Å²) in [5, 5.41) is 54.4. The average molecular weight is 1130 g/mol. The van der Waals surface area contributed by atoms with Crippen molar-refractivity contribution in [2.45, 2.75) is 12.4 Å². The molecule has 0 atom stereocenters. The number of benzene rings is 11. The van der Waals surface area contributed by atoms with Gasteiger partial charge in [0.25, 0.3) is 0 Å². The number of fused-ring (bicyclic) bond motifs is 6. The Morgan fingerprint density at radius 2 is 0.651 bits per heavy atom. The molecule has 0 aliphatic heterocycles. The lowest BCUT2D eigenvalue weighted by molar-refractivity contribution is -0.143. The smallest absolute Gasteiger partial charge is 0.309 e. The van der Waals surface area contributed by atoms with Crippen molar-refractivity contribution in [1.29, 1.82) is 26.3 Å². The molecule has 0 radical (unpaired) electrons. The van der Waals surface area contributed by atoms with Crippen molar-refractivity contribution in [3.8, 4) is 108 Å². The maximum absolute atomic E-state index is 14.9. The van der Waals surface area contributed by atoms with Crippen molar-refractivity contribution in [2.24, 2.45) is 0 Å². The van der Waals surface area contributed by atoms with Crippen LogP contribution in [-0.4, -0.2) is 9.13 Å². The molecule has 0 saturated heterocycles. The molecular weight excluding hydrogens is 1090 g/mol. The van der Waals surface area contributed by atoms with Crippen molar-refractivity contribution in [3.63, 3.8) is 0 Å². The lowest BCUT2D eigenvalue weighted by Crippen LogP contribution is -2.11. The Kier molecular flexibility index (Phi) is 12.9. The van der Waals surface area contributed by atoms with Gasteiger partial charge >= 0.3 is 12.4 Å². The summed E-state index contributed by atoms with van der Waals surface area (Å²) >= 11 is 0. The predicted molar refractivity (Wildman–Crippen MR) is 321 cm³/mol. The van der Waals surface area contributed by atoms with Crippen molar-refractivity contribution in [2.75, 3.05) is 0 Å². The average Bonchev–Trinajstić information content (AvgIpc) is 1.67. The molecule has 0 spiro atoms. The topological polar surface area (TPSA) is 129 Å². The number of nitrogens with zero attached hydrogens (tertiary/aromatic N) is 7. The molecule has 11 aromatic carbocycles. The van der Waals surface area contributed by atoms with E-state index in [-0.39, 0.29) is 28.3 Å². The van der Waals surface area contributed by atoms with Gasteiger partial charge in [0, 0.05) is 32.8 Å². The van der Waals surface area contributed by atoms with E-state index in [0.29, 0.717) is 112 Å². The fraction of sp³-hybridized carbons (Fsp3) is 0.0274. The number of hydrogen-bond acceptors (Lipinski definition) is 5. The molecule has 2 aromatic heterocycles. The van der Waals surface area contributed by atoms with Crippen LogP contribution in [0, 0.1) is 56.7 Å². The van der Waals surface area contributed by atoms with Crippen molar-refractivity contribution in [1.82, 2.24) is 9.13 Å². The van der Waals surface area contributed by atoms with Crippen LogP contribution in [0.4, 0.5) is 26.3 Å². The Balaban J connectivity index is 1.13. The van der Waals surface area contributed by atoms with Gasteiger partial charge in [0.15, 0.2) is 0 Å². The first kappa shape index (κ1) is 53.4. The van der Waals surface area contributed by atoms with E-state index in [1.165, 1.54) is 6.07 Å². The second kappa shape index (κ2) is 20.8. The lowest BCUT2D eigenvalue weighted by atomic mass is 9.90. The minimum absolute atomic E-state index is 0.0141. The summed E-state index contributed by atoms with van der Waals surface area (Å²) < 4.78 is 93.3. The van der Waals surface area contributed by atoms with Crippen molar-refractivity contribution < 1.29 is 26.3 Å². The number of halogens is 6. The molecule has 2 heterocycles. The maximum atomic E-state index is 14.9. The van der Waals surface area contributed by atoms with E-state index < -0.39 is 29.0 Å². The molecule has 406 valence electrons. The van der Waals surface area contributed by atoms with Crippen LogP contribution < -0.4 is 0 Å². The molecule has 0 aliphatic carbocycles. The van der Waals surface area contributed by atoms with Crippen LogP contribution in [0.5, 0.6) is 0 Å². The highest BCUT2D eigenvalue weighted by Crippen LogP contribution is 2.47. The SMILES string of the molecule is N#Cc1ccc(-n2c3ccc(-c4ccccc4C#N)cc3c3cc(-c4ccccc4C#N)ccc32)c(-c2cc(-n3c4ccc(-c5ccccc5C#N)cc4c4cc(-c5ccccc5C#N)ccc43)ccc2-c2cc(C(F)(F)F)cc(C(F)(F)F)c2)c1. The predicted octanol–water partition coefficient (Wildman–Crippen LogP) is 19.3. The molecule has 0 N–H and O–H groups in total. The summed E-state index contributed by atoms with van der Waals surface area (Å²) in [6.07, 6.45) is -10.4. The van der Waals surface area contributed by atoms with E-state index in [4.69, 9.17) is 0 Å². The summed E-state index contributed by atoms with van der Waals surface area (Å²) in [4.78, 5) is 0. The van der Waals surface area contributed by atoms with Crippen LogP contribution >= 0.6 is 0 Å². The lowest BCUT2D eigenvalue weighted by Gasteiger charge is -2.21. The van der Waals surface area contributed by atoms with Gasteiger partial charge in [0.05, 0.1) is 97.0 Å². The molecule has 0 bridgehead atoms. The number of nitriles is 5. The Labute approximate surface area is 487 Å². The van der Waals surface area contributed by atoms with Crippen molar-refractivity contribution in [3.05, 3.63) is 263 Å². The van der Waals surface area contributed by atoms with Gasteiger partial charge in [-0.2, -0.15) is 52.7 Å². The van der Waals surface area contributed by atoms with E-state index in [2.05, 4.69) is 30.3 Å². The summed E-state index contributed by atoms with van der Waals surface area (Å²) in [6, 6.07) is 74.1. The number of alkyl halides is 6. The second-order valence-corrected chi connectivity index (χ2v) is 20.6. The van der Waals surface area contributed by atoms with Crippen molar-refractivity contribution >= 4 is 43.6 Å². The van der Waals surface area contributed by atoms with Gasteiger partial charge in [-0.1, -0.05) is 103 Å². The molecule has 7 nitrogen and oxygen atoms in total. The first-order valence-electron chi connectivity index (χ1n) is 26.8. The van der Waals surface area contributed by atoms with E-state index in [1.807, 2.05) is 130 Å². The molecule has 13 aromatic rings. The van der Waals surface area contributed by atoms with Crippen LogP contribution in [0.1, 0.15) is 38.9 Å². The van der Waals surface area contributed by atoms with E-state index >= 15 is 0 Å². The van der Waals surface area contributed by atoms with Gasteiger partial charge in [-0.15, -0.1) is 0 Å². The second-order valence-electron chi connectivity index (χ2n) is 20.6. The Hall–Kier alpha value is -12.0. The zero-order chi connectivity index (χ0) is 59.6. The van der Waals surface area contributed by atoms with Crippen LogP contribution in [0.15, 0.2) is 224 Å². The molecule has 13 heteroatoms. The minimum atomic E-state index is -5.19. The number of rotatable bonds is 8. The summed E-state index contributed by atoms with van der Waals surface area (Å²) in [7, 11) is 0. The van der Waals surface area contributed by atoms with Crippen LogP contribution in [0.2, 0.25) is 0 Å². The molecule has 0 saturated carbocycles. The van der Waals surface area contributed by atoms with Crippen LogP contribution in [0.3, 0.4) is 0 Å². The molecule has 0 fully saturated rings. The van der Waals surface area contributed by atoms with Gasteiger partial charge in [0.2, 0.25) is 0 Å². The molecule has 0 aliphatic rings. The zero-order valence-corrected chi connectivity index (χ0v) is 44.8. The van der Waals surface area contributed by atoms with Gasteiger partial charge in [-0.05, 0) is 183 Å². The standard InChI is InChI=1S/C73H37F6N7/c74-72(75,76)53-30-52(31-54(36-53)73(77,78)79)60-23-22-55(85-67-25-18-44(56-13-5-1-9-48(56)39-81)32-63(67)64-33-45(19-26-68(64)85)57-14-6-2-10-49(57)40-82)37-61(60)62-29-43(38-80)17-24-69(62)86-70-27-20-46(58-15-7-3-11-50(58)41-83)34-65(70)66-35-47(21-28-71(66)86)59-16-8-4-12-51(59)42-84/h1-37H. The molecule has 0 amide bonds. The fourth-order valence-corrected chi connectivity index (χ4v) is 11.9. The van der Waals surface area contributed by atoms with Gasteiger partial charge in [-0.3, -0.25) is 0 Å². The highest BCUT2D eigenvalue weighted by molar-refractivity contribution is 6.14. The highest BCUT2D eigenvalue weighted by atomic mass is 19.4. The number of aromatic nitrogens is 2. The van der Waals surface area contributed by atoms with Gasteiger partial charge in [-0.25, -0.2) is 0 Å². The summed E-state index contributed by atoms with van der Waals surface area (Å²) in [5.41, 5.74) is 7.85. The summed E-state index contributed by atoms with van der Waals surface area (Å²) in [5.74, 6) is 0. The first-order valence-corrected chi connectivity index (χ1v) is 26.8. The van der Waals surface area contributed by atoms with Gasteiger partial charge < -0.3 is 9.13 Å². The largest absolute Gasteiger partial charge is 0.416 e. The van der Waals surface area contributed by atoms with E-state index in [9.17, 15) is 52.7 Å². The fourth-order valence-electron chi connectivity index (χ4n) is 11.9. The zero-order valence-electron chi connectivity index (χ0n) is 44.8. The third-order valence-electron chi connectivity index (χ3n) is 15.8. The van der Waals surface area contributed by atoms with Crippen LogP contribution in [0.25, 0.3) is 122 Å². The molecule has 0 unspecified atom stereocenters. The Morgan fingerprint density at radius 1 is 0.279 bits per heavy atom. The van der Waals surface area contributed by atoms with E-state index in [1.54, 1.807) is 78.9 Å². The molecule has 86 heavy (non-hydrogen) atoms. The Bertz CT molecular complexity index is 4980. The normalized spacial score (nSPS) is 11.5. The monoisotopic (exact) mass is 1130 g/mol. The van der Waals surface area contributed by atoms with Gasteiger partial charge in [0.1, 0.15) is 0 Å². The quantitative estimate of drug-likeness (QED) is 0.140. The van der Waals surface area contributed by atoms with Crippen LogP contribution in [-0.2, 0) is 12.4 Å². The number of hydrogen-bond donors (Lipinski definition) is 0. The maximum Gasteiger partial charge on any atom is 0.416 e. The Morgan fingerprint density at radius 3 is 1.01 bits per heavy atom. The first-order chi connectivity index (χ1) is 41.7. The third-order valence-corrected chi connectivity index (χ3v) is 15.8. The van der Waals surface area contributed by atoms with E-state index in [0.717, 1.165) is 21.9 Å².